The minimum Gasteiger partial charge on any atom is -0.396 e. The molecule has 2 nitrogen and oxygen atoms in total. The number of nitrogens with one attached hydrogen (secondary N) is 1. The molecule has 1 aromatic rings. The minimum atomic E-state index is 0.308. The SMILES string of the molecule is Cc1cccc(CNCCSCCCO)c1C. The molecule has 96 valence electrons. The zero-order valence-electron chi connectivity index (χ0n) is 10.8. The van der Waals surface area contributed by atoms with Crippen molar-refractivity contribution in [1.29, 1.82) is 0 Å². The van der Waals surface area contributed by atoms with Gasteiger partial charge in [0.05, 0.1) is 0 Å². The quantitative estimate of drug-likeness (QED) is 0.698. The van der Waals surface area contributed by atoms with Gasteiger partial charge in [0.15, 0.2) is 0 Å². The van der Waals surface area contributed by atoms with Crippen LogP contribution in [0.5, 0.6) is 0 Å². The Morgan fingerprint density at radius 3 is 2.82 bits per heavy atom. The van der Waals surface area contributed by atoms with Crippen LogP contribution in [0.1, 0.15) is 23.1 Å². The maximum atomic E-state index is 8.65. The molecule has 0 aliphatic carbocycles. The molecular weight excluding hydrogens is 230 g/mol. The summed E-state index contributed by atoms with van der Waals surface area (Å²) in [5, 5.41) is 12.1. The summed E-state index contributed by atoms with van der Waals surface area (Å²) in [6.45, 7) is 6.63. The van der Waals surface area contributed by atoms with Crippen molar-refractivity contribution in [3.05, 3.63) is 34.9 Å². The molecule has 0 amide bonds. The summed E-state index contributed by atoms with van der Waals surface area (Å²) in [5.41, 5.74) is 4.15. The van der Waals surface area contributed by atoms with Crippen LogP contribution in [0, 0.1) is 13.8 Å². The first-order valence-electron chi connectivity index (χ1n) is 6.20. The van der Waals surface area contributed by atoms with E-state index in [0.717, 1.165) is 31.0 Å². The Bertz CT molecular complexity index is 328. The first-order chi connectivity index (χ1) is 8.25. The second-order valence-corrected chi connectivity index (χ2v) is 5.45. The summed E-state index contributed by atoms with van der Waals surface area (Å²) in [5.74, 6) is 2.17. The number of rotatable bonds is 8. The molecule has 3 heteroatoms. The number of hydrogen-bond acceptors (Lipinski definition) is 3. The molecule has 2 N–H and O–H groups in total. The molecule has 1 rings (SSSR count). The zero-order chi connectivity index (χ0) is 12.5. The van der Waals surface area contributed by atoms with Gasteiger partial charge in [-0.2, -0.15) is 11.8 Å². The van der Waals surface area contributed by atoms with Gasteiger partial charge in [0.1, 0.15) is 0 Å². The molecule has 0 bridgehead atoms. The van der Waals surface area contributed by atoms with Crippen LogP contribution in [0.15, 0.2) is 18.2 Å². The van der Waals surface area contributed by atoms with Gasteiger partial charge < -0.3 is 10.4 Å². The predicted molar refractivity (Wildman–Crippen MR) is 76.7 cm³/mol. The van der Waals surface area contributed by atoms with Crippen LogP contribution >= 0.6 is 11.8 Å². The Balaban J connectivity index is 2.16. The molecule has 0 saturated carbocycles. The third-order valence-electron chi connectivity index (χ3n) is 2.90. The number of aliphatic hydroxyl groups is 1. The average Bonchev–Trinajstić information content (AvgIpc) is 2.33. The molecule has 1 aromatic carbocycles. The molecule has 0 aliphatic heterocycles. The van der Waals surface area contributed by atoms with E-state index in [1.54, 1.807) is 0 Å². The van der Waals surface area contributed by atoms with Crippen LogP contribution in [0.3, 0.4) is 0 Å². The van der Waals surface area contributed by atoms with E-state index in [1.807, 2.05) is 11.8 Å². The van der Waals surface area contributed by atoms with Crippen molar-refractivity contribution in [2.75, 3.05) is 24.7 Å². The lowest BCUT2D eigenvalue weighted by molar-refractivity contribution is 0.296. The molecule has 0 aromatic heterocycles. The number of aliphatic hydroxyl groups excluding tert-OH is 1. The lowest BCUT2D eigenvalue weighted by Gasteiger charge is -2.09. The third-order valence-corrected chi connectivity index (χ3v) is 3.97. The molecule has 0 heterocycles. The fraction of sp³-hybridized carbons (Fsp3) is 0.571. The van der Waals surface area contributed by atoms with Gasteiger partial charge in [-0.25, -0.2) is 0 Å². The number of aryl methyl sites for hydroxylation is 1. The van der Waals surface area contributed by atoms with Gasteiger partial charge in [-0.3, -0.25) is 0 Å². The van der Waals surface area contributed by atoms with Gasteiger partial charge in [-0.05, 0) is 42.7 Å². The second-order valence-electron chi connectivity index (χ2n) is 4.23. The summed E-state index contributed by atoms with van der Waals surface area (Å²) in [6, 6.07) is 6.47. The van der Waals surface area contributed by atoms with E-state index in [0.29, 0.717) is 6.61 Å². The molecule has 0 saturated heterocycles. The lowest BCUT2D eigenvalue weighted by Crippen LogP contribution is -2.17. The van der Waals surface area contributed by atoms with E-state index < -0.39 is 0 Å². The molecule has 0 radical (unpaired) electrons. The highest BCUT2D eigenvalue weighted by molar-refractivity contribution is 7.99. The highest BCUT2D eigenvalue weighted by Gasteiger charge is 1.99. The Labute approximate surface area is 109 Å². The summed E-state index contributed by atoms with van der Waals surface area (Å²) in [6.07, 6.45) is 0.904. The molecule has 0 aliphatic rings. The summed E-state index contributed by atoms with van der Waals surface area (Å²) in [7, 11) is 0. The normalized spacial score (nSPS) is 10.8. The van der Waals surface area contributed by atoms with E-state index in [9.17, 15) is 0 Å². The minimum absolute atomic E-state index is 0.308. The molecule has 0 fully saturated rings. The van der Waals surface area contributed by atoms with Crippen molar-refractivity contribution in [2.45, 2.75) is 26.8 Å². The first-order valence-corrected chi connectivity index (χ1v) is 7.35. The topological polar surface area (TPSA) is 32.3 Å². The molecular formula is C14H23NOS. The van der Waals surface area contributed by atoms with Crippen LogP contribution < -0.4 is 5.32 Å². The highest BCUT2D eigenvalue weighted by Crippen LogP contribution is 2.12. The van der Waals surface area contributed by atoms with E-state index in [1.165, 1.54) is 16.7 Å². The van der Waals surface area contributed by atoms with Crippen molar-refractivity contribution in [3.8, 4) is 0 Å². The smallest absolute Gasteiger partial charge is 0.0438 e. The Hall–Kier alpha value is -0.510. The maximum Gasteiger partial charge on any atom is 0.0438 e. The van der Waals surface area contributed by atoms with E-state index >= 15 is 0 Å². The largest absolute Gasteiger partial charge is 0.396 e. The average molecular weight is 253 g/mol. The zero-order valence-corrected chi connectivity index (χ0v) is 11.6. The summed E-state index contributed by atoms with van der Waals surface area (Å²) in [4.78, 5) is 0. The van der Waals surface area contributed by atoms with Crippen molar-refractivity contribution < 1.29 is 5.11 Å². The van der Waals surface area contributed by atoms with Gasteiger partial charge in [-0.15, -0.1) is 0 Å². The summed E-state index contributed by atoms with van der Waals surface area (Å²) >= 11 is 1.90. The lowest BCUT2D eigenvalue weighted by atomic mass is 10.0. The van der Waals surface area contributed by atoms with Crippen LogP contribution in [0.4, 0.5) is 0 Å². The Morgan fingerprint density at radius 2 is 2.06 bits per heavy atom. The predicted octanol–water partition coefficient (Wildman–Crippen LogP) is 2.51. The first kappa shape index (κ1) is 14.6. The number of hydrogen-bond donors (Lipinski definition) is 2. The van der Waals surface area contributed by atoms with E-state index in [2.05, 4.69) is 37.4 Å². The van der Waals surface area contributed by atoms with Crippen LogP contribution in [0.25, 0.3) is 0 Å². The fourth-order valence-corrected chi connectivity index (χ4v) is 2.47. The van der Waals surface area contributed by atoms with Crippen molar-refractivity contribution in [1.82, 2.24) is 5.32 Å². The molecule has 0 atom stereocenters. The van der Waals surface area contributed by atoms with Gasteiger partial charge in [0.2, 0.25) is 0 Å². The second kappa shape index (κ2) is 8.56. The number of benzene rings is 1. The van der Waals surface area contributed by atoms with E-state index in [4.69, 9.17) is 5.11 Å². The molecule has 0 spiro atoms. The van der Waals surface area contributed by atoms with Gasteiger partial charge in [0.25, 0.3) is 0 Å². The maximum absolute atomic E-state index is 8.65. The van der Waals surface area contributed by atoms with Crippen LogP contribution in [-0.2, 0) is 6.54 Å². The number of thioether (sulfide) groups is 1. The van der Waals surface area contributed by atoms with Gasteiger partial charge in [-0.1, -0.05) is 18.2 Å². The summed E-state index contributed by atoms with van der Waals surface area (Å²) < 4.78 is 0. The monoisotopic (exact) mass is 253 g/mol. The highest BCUT2D eigenvalue weighted by atomic mass is 32.2. The van der Waals surface area contributed by atoms with Gasteiger partial charge >= 0.3 is 0 Å². The van der Waals surface area contributed by atoms with Crippen molar-refractivity contribution in [3.63, 3.8) is 0 Å². The Morgan fingerprint density at radius 1 is 1.24 bits per heavy atom. The van der Waals surface area contributed by atoms with E-state index in [-0.39, 0.29) is 0 Å². The standard InChI is InChI=1S/C14H23NOS/c1-12-5-3-6-14(13(12)2)11-15-7-10-17-9-4-8-16/h3,5-6,15-16H,4,7-11H2,1-2H3. The molecule has 17 heavy (non-hydrogen) atoms. The van der Waals surface area contributed by atoms with Crippen molar-refractivity contribution >= 4 is 11.8 Å². The molecule has 0 unspecified atom stereocenters. The third kappa shape index (κ3) is 5.57. The fourth-order valence-electron chi connectivity index (χ4n) is 1.64. The van der Waals surface area contributed by atoms with Gasteiger partial charge in [0, 0.05) is 25.4 Å². The van der Waals surface area contributed by atoms with Crippen molar-refractivity contribution in [2.24, 2.45) is 0 Å². The Kier molecular flexibility index (Phi) is 7.33. The van der Waals surface area contributed by atoms with Crippen LogP contribution in [-0.4, -0.2) is 29.8 Å². The van der Waals surface area contributed by atoms with Crippen LogP contribution in [0.2, 0.25) is 0 Å².